The maximum absolute atomic E-state index is 13.0. The number of morpholine rings is 1. The number of amides is 1. The summed E-state index contributed by atoms with van der Waals surface area (Å²) in [7, 11) is 0. The van der Waals surface area contributed by atoms with E-state index in [1.165, 1.54) is 31.2 Å². The number of aromatic carboxylic acids is 1. The molecular weight excluding hydrogens is 467 g/mol. The number of Topliss-reactive ketones (excluding diaryl/α,β-unsaturated/α-hetero) is 1. The molecule has 9 nitrogen and oxygen atoms in total. The van der Waals surface area contributed by atoms with Gasteiger partial charge < -0.3 is 24.6 Å². The van der Waals surface area contributed by atoms with Crippen molar-refractivity contribution in [1.29, 1.82) is 0 Å². The van der Waals surface area contributed by atoms with Crippen LogP contribution in [0.3, 0.4) is 0 Å². The zero-order valence-corrected chi connectivity index (χ0v) is 18.8. The van der Waals surface area contributed by atoms with Crippen LogP contribution in [0.15, 0.2) is 36.4 Å². The van der Waals surface area contributed by atoms with Crippen LogP contribution in [0.25, 0.3) is 0 Å². The normalized spacial score (nSPS) is 13.5. The summed E-state index contributed by atoms with van der Waals surface area (Å²) in [4.78, 5) is 38.5. The molecular formula is C24H29KN2O7. The molecule has 1 saturated heterocycles. The Hall–Kier alpha value is -1.79. The number of rotatable bonds is 10. The summed E-state index contributed by atoms with van der Waals surface area (Å²) in [5.41, 5.74) is 0.795. The van der Waals surface area contributed by atoms with Crippen molar-refractivity contribution >= 4 is 74.7 Å². The summed E-state index contributed by atoms with van der Waals surface area (Å²) in [6.45, 7) is 7.59. The predicted octanol–water partition coefficient (Wildman–Crippen LogP) is 2.30. The van der Waals surface area contributed by atoms with E-state index in [0.29, 0.717) is 50.0 Å². The van der Waals surface area contributed by atoms with E-state index in [2.05, 4.69) is 10.2 Å². The summed E-state index contributed by atoms with van der Waals surface area (Å²) in [6, 6.07) is 8.93. The van der Waals surface area contributed by atoms with Crippen LogP contribution in [0.2, 0.25) is 0 Å². The van der Waals surface area contributed by atoms with Crippen LogP contribution < -0.4 is 14.8 Å². The van der Waals surface area contributed by atoms with Crippen molar-refractivity contribution in [2.24, 2.45) is 0 Å². The minimum absolute atomic E-state index is 0. The molecule has 2 N–H and O–H groups in total. The van der Waals surface area contributed by atoms with Gasteiger partial charge in [0.1, 0.15) is 18.1 Å². The quantitative estimate of drug-likeness (QED) is 0.380. The van der Waals surface area contributed by atoms with Crippen LogP contribution in [0, 0.1) is 0 Å². The first-order chi connectivity index (χ1) is 15.9. The number of nitrogens with zero attached hydrogens (tertiary/aromatic N) is 1. The van der Waals surface area contributed by atoms with Gasteiger partial charge in [-0.15, -0.1) is 0 Å². The SMILES string of the molecule is CCOc1ccc(C(C)=O)cc1NC(=O)c1cc(OCCN2CCOCC2)cc(C(=O)O)c1.[KH]. The van der Waals surface area contributed by atoms with Gasteiger partial charge in [-0.25, -0.2) is 4.79 Å². The van der Waals surface area contributed by atoms with E-state index >= 15 is 0 Å². The fourth-order valence-corrected chi connectivity index (χ4v) is 3.38. The Morgan fingerprint density at radius 2 is 1.74 bits per heavy atom. The fourth-order valence-electron chi connectivity index (χ4n) is 3.38. The molecule has 2 aromatic rings. The summed E-state index contributed by atoms with van der Waals surface area (Å²) >= 11 is 0. The van der Waals surface area contributed by atoms with Crippen LogP contribution >= 0.6 is 0 Å². The van der Waals surface area contributed by atoms with E-state index in [-0.39, 0.29) is 74.0 Å². The molecule has 0 aromatic heterocycles. The standard InChI is InChI=1S/C24H28N2O7.K.H/c1-3-32-22-5-4-17(16(2)27)15-21(22)25-23(28)18-12-19(24(29)30)14-20(13-18)33-11-8-26-6-9-31-10-7-26;;/h4-5,12-15H,3,6-11H2,1-2H3,(H,25,28)(H,29,30);;. The summed E-state index contributed by atoms with van der Waals surface area (Å²) in [5.74, 6) is -1.17. The van der Waals surface area contributed by atoms with Crippen LogP contribution in [0.5, 0.6) is 11.5 Å². The van der Waals surface area contributed by atoms with Gasteiger partial charge in [-0.1, -0.05) is 0 Å². The van der Waals surface area contributed by atoms with Gasteiger partial charge in [0.25, 0.3) is 5.91 Å². The molecule has 0 saturated carbocycles. The molecule has 1 aliphatic heterocycles. The van der Waals surface area contributed by atoms with Crippen LogP contribution in [-0.4, -0.2) is 125 Å². The summed E-state index contributed by atoms with van der Waals surface area (Å²) in [6.07, 6.45) is 0. The Balaban J connectivity index is 0.00000408. The number of ketones is 1. The van der Waals surface area contributed by atoms with Crippen molar-refractivity contribution in [2.45, 2.75) is 13.8 Å². The monoisotopic (exact) mass is 496 g/mol. The van der Waals surface area contributed by atoms with Gasteiger partial charge >= 0.3 is 57.4 Å². The van der Waals surface area contributed by atoms with Crippen molar-refractivity contribution < 1.29 is 33.7 Å². The van der Waals surface area contributed by atoms with Gasteiger partial charge in [-0.2, -0.15) is 0 Å². The van der Waals surface area contributed by atoms with Gasteiger partial charge in [0.2, 0.25) is 0 Å². The molecule has 1 amide bonds. The zero-order chi connectivity index (χ0) is 23.8. The molecule has 10 heteroatoms. The second-order valence-electron chi connectivity index (χ2n) is 7.51. The van der Waals surface area contributed by atoms with Crippen molar-refractivity contribution in [1.82, 2.24) is 4.90 Å². The maximum atomic E-state index is 13.0. The molecule has 0 spiro atoms. The Morgan fingerprint density at radius 3 is 2.38 bits per heavy atom. The first kappa shape index (κ1) is 28.4. The topological polar surface area (TPSA) is 114 Å². The molecule has 1 fully saturated rings. The first-order valence-corrected chi connectivity index (χ1v) is 10.8. The molecule has 1 heterocycles. The Morgan fingerprint density at radius 1 is 1.03 bits per heavy atom. The van der Waals surface area contributed by atoms with Crippen LogP contribution in [0.1, 0.15) is 44.9 Å². The van der Waals surface area contributed by atoms with E-state index in [1.807, 2.05) is 0 Å². The van der Waals surface area contributed by atoms with Crippen molar-refractivity contribution in [3.05, 3.63) is 53.1 Å². The second-order valence-corrected chi connectivity index (χ2v) is 7.51. The molecule has 1 aliphatic rings. The number of carboxylic acids is 1. The van der Waals surface area contributed by atoms with E-state index < -0.39 is 11.9 Å². The molecule has 0 atom stereocenters. The predicted molar refractivity (Wildman–Crippen MR) is 129 cm³/mol. The molecule has 0 radical (unpaired) electrons. The first-order valence-electron chi connectivity index (χ1n) is 10.8. The van der Waals surface area contributed by atoms with Gasteiger partial charge in [0.15, 0.2) is 5.78 Å². The number of hydrogen-bond donors (Lipinski definition) is 2. The third-order valence-corrected chi connectivity index (χ3v) is 5.13. The van der Waals surface area contributed by atoms with Gasteiger partial charge in [0, 0.05) is 30.8 Å². The molecule has 0 unspecified atom stereocenters. The minimum atomic E-state index is -1.17. The average molecular weight is 497 g/mol. The second kappa shape index (κ2) is 13.9. The number of hydrogen-bond acceptors (Lipinski definition) is 7. The summed E-state index contributed by atoms with van der Waals surface area (Å²) < 4.78 is 16.6. The summed E-state index contributed by atoms with van der Waals surface area (Å²) in [5, 5.41) is 12.2. The number of carbonyl (C=O) groups excluding carboxylic acids is 2. The van der Waals surface area contributed by atoms with Crippen molar-refractivity contribution in [3.63, 3.8) is 0 Å². The number of nitrogens with one attached hydrogen (secondary N) is 1. The number of carbonyl (C=O) groups is 3. The number of anilines is 1. The molecule has 3 rings (SSSR count). The van der Waals surface area contributed by atoms with Crippen LogP contribution in [-0.2, 0) is 4.74 Å². The van der Waals surface area contributed by atoms with E-state index in [4.69, 9.17) is 14.2 Å². The number of benzene rings is 2. The third kappa shape index (κ3) is 8.16. The molecule has 0 aliphatic carbocycles. The zero-order valence-electron chi connectivity index (χ0n) is 18.8. The fraction of sp³-hybridized carbons (Fsp3) is 0.375. The van der Waals surface area contributed by atoms with E-state index in [1.54, 1.807) is 19.1 Å². The van der Waals surface area contributed by atoms with Crippen molar-refractivity contribution in [3.8, 4) is 11.5 Å². The van der Waals surface area contributed by atoms with E-state index in [9.17, 15) is 19.5 Å². The number of ether oxygens (including phenoxy) is 3. The van der Waals surface area contributed by atoms with E-state index in [0.717, 1.165) is 13.1 Å². The van der Waals surface area contributed by atoms with Gasteiger partial charge in [-0.3, -0.25) is 14.5 Å². The third-order valence-electron chi connectivity index (χ3n) is 5.13. The van der Waals surface area contributed by atoms with Crippen molar-refractivity contribution in [2.75, 3.05) is 51.4 Å². The molecule has 2 aromatic carbocycles. The average Bonchev–Trinajstić information content (AvgIpc) is 2.80. The molecule has 34 heavy (non-hydrogen) atoms. The molecule has 0 bridgehead atoms. The number of carboxylic acid groups (broad SMARTS) is 1. The van der Waals surface area contributed by atoms with Crippen LogP contribution in [0.4, 0.5) is 5.69 Å². The Bertz CT molecular complexity index is 1020. The Kier molecular flexibility index (Phi) is 11.7. The Labute approximate surface area is 241 Å². The van der Waals surface area contributed by atoms with Gasteiger partial charge in [0.05, 0.1) is 31.1 Å². The van der Waals surface area contributed by atoms with Gasteiger partial charge in [-0.05, 0) is 50.2 Å². The molecule has 178 valence electrons.